The van der Waals surface area contributed by atoms with Crippen molar-refractivity contribution in [2.24, 2.45) is 5.73 Å². The molecule has 2 aromatic rings. The van der Waals surface area contributed by atoms with Crippen LogP contribution in [0.1, 0.15) is 36.8 Å². The summed E-state index contributed by atoms with van der Waals surface area (Å²) in [4.78, 5) is 11.9. The van der Waals surface area contributed by atoms with E-state index in [2.05, 4.69) is 11.4 Å². The third-order valence-corrected chi connectivity index (χ3v) is 4.41. The van der Waals surface area contributed by atoms with Gasteiger partial charge >= 0.3 is 6.09 Å². The van der Waals surface area contributed by atoms with Gasteiger partial charge in [0, 0.05) is 11.7 Å². The fourth-order valence-electron chi connectivity index (χ4n) is 2.93. The maximum absolute atomic E-state index is 11.9. The zero-order valence-electron chi connectivity index (χ0n) is 14.3. The van der Waals surface area contributed by atoms with E-state index in [0.29, 0.717) is 6.04 Å². The van der Waals surface area contributed by atoms with E-state index in [-0.39, 0.29) is 6.61 Å². The van der Waals surface area contributed by atoms with Gasteiger partial charge in [-0.15, -0.1) is 0 Å². The molecule has 2 aromatic carbocycles. The summed E-state index contributed by atoms with van der Waals surface area (Å²) in [6.07, 6.45) is 6.07. The third kappa shape index (κ3) is 5.47. The fraction of sp³-hybridized carbons (Fsp3) is 0.286. The molecule has 1 fully saturated rings. The highest BCUT2D eigenvalue weighted by Gasteiger charge is 2.12. The van der Waals surface area contributed by atoms with E-state index in [1.165, 1.54) is 5.57 Å². The Morgan fingerprint density at radius 3 is 2.44 bits per heavy atom. The number of anilines is 1. The van der Waals surface area contributed by atoms with Crippen molar-refractivity contribution in [3.05, 3.63) is 71.3 Å². The first-order valence-electron chi connectivity index (χ1n) is 8.72. The second kappa shape index (κ2) is 8.49. The third-order valence-electron chi connectivity index (χ3n) is 4.41. The zero-order chi connectivity index (χ0) is 17.5. The van der Waals surface area contributed by atoms with Crippen LogP contribution in [0.4, 0.5) is 10.5 Å². The molecule has 1 aliphatic carbocycles. The first kappa shape index (κ1) is 17.2. The highest BCUT2D eigenvalue weighted by atomic mass is 16.5. The zero-order valence-corrected chi connectivity index (χ0v) is 14.3. The molecule has 130 valence electrons. The molecule has 4 heteroatoms. The molecule has 1 amide bonds. The maximum Gasteiger partial charge on any atom is 0.411 e. The quantitative estimate of drug-likeness (QED) is 0.849. The molecule has 3 N–H and O–H groups in total. The SMILES string of the molecule is NC1CCC(=Cc2ccc(NC(=O)OCc3ccccc3)cc2)CC1. The Balaban J connectivity index is 1.50. The lowest BCUT2D eigenvalue weighted by molar-refractivity contribution is 0.155. The molecule has 25 heavy (non-hydrogen) atoms. The van der Waals surface area contributed by atoms with Crippen LogP contribution >= 0.6 is 0 Å². The minimum Gasteiger partial charge on any atom is -0.444 e. The Bertz CT molecular complexity index is 713. The van der Waals surface area contributed by atoms with Gasteiger partial charge in [0.15, 0.2) is 0 Å². The van der Waals surface area contributed by atoms with Gasteiger partial charge in [-0.3, -0.25) is 5.32 Å². The van der Waals surface area contributed by atoms with E-state index in [0.717, 1.165) is 42.5 Å². The lowest BCUT2D eigenvalue weighted by Gasteiger charge is -2.20. The predicted octanol–water partition coefficient (Wildman–Crippen LogP) is 4.72. The molecule has 0 saturated heterocycles. The van der Waals surface area contributed by atoms with Crippen molar-refractivity contribution in [3.63, 3.8) is 0 Å². The molecule has 3 rings (SSSR count). The van der Waals surface area contributed by atoms with Crippen LogP contribution < -0.4 is 11.1 Å². The standard InChI is InChI=1S/C21H24N2O2/c22-19-10-6-16(7-11-19)14-17-8-12-20(13-9-17)23-21(24)25-15-18-4-2-1-3-5-18/h1-5,8-9,12-14,19H,6-7,10-11,15,22H2,(H,23,24). The van der Waals surface area contributed by atoms with Gasteiger partial charge in [0.05, 0.1) is 0 Å². The van der Waals surface area contributed by atoms with Gasteiger partial charge in [-0.25, -0.2) is 4.79 Å². The average Bonchev–Trinajstić information content (AvgIpc) is 2.64. The number of hydrogen-bond donors (Lipinski definition) is 2. The maximum atomic E-state index is 11.9. The van der Waals surface area contributed by atoms with Crippen LogP contribution in [0, 0.1) is 0 Å². The number of allylic oxidation sites excluding steroid dienone is 1. The molecule has 4 nitrogen and oxygen atoms in total. The second-order valence-corrected chi connectivity index (χ2v) is 6.45. The molecular weight excluding hydrogens is 312 g/mol. The summed E-state index contributed by atoms with van der Waals surface area (Å²) in [5.41, 5.74) is 10.2. The van der Waals surface area contributed by atoms with Crippen molar-refractivity contribution in [1.82, 2.24) is 0 Å². The summed E-state index contributed by atoms with van der Waals surface area (Å²) in [6.45, 7) is 0.263. The Morgan fingerprint density at radius 1 is 1.08 bits per heavy atom. The number of nitrogens with one attached hydrogen (secondary N) is 1. The van der Waals surface area contributed by atoms with Crippen LogP contribution in [-0.4, -0.2) is 12.1 Å². The van der Waals surface area contributed by atoms with Crippen LogP contribution in [0.3, 0.4) is 0 Å². The molecule has 0 aromatic heterocycles. The van der Waals surface area contributed by atoms with Crippen molar-refractivity contribution in [3.8, 4) is 0 Å². The van der Waals surface area contributed by atoms with Crippen molar-refractivity contribution in [1.29, 1.82) is 0 Å². The second-order valence-electron chi connectivity index (χ2n) is 6.45. The lowest BCUT2D eigenvalue weighted by Crippen LogP contribution is -2.23. The number of carbonyl (C=O) groups is 1. The molecule has 0 spiro atoms. The monoisotopic (exact) mass is 336 g/mol. The summed E-state index contributed by atoms with van der Waals surface area (Å²) >= 11 is 0. The number of hydrogen-bond acceptors (Lipinski definition) is 3. The summed E-state index contributed by atoms with van der Waals surface area (Å²) in [5.74, 6) is 0. The van der Waals surface area contributed by atoms with Crippen molar-refractivity contribution < 1.29 is 9.53 Å². The average molecular weight is 336 g/mol. The van der Waals surface area contributed by atoms with Crippen molar-refractivity contribution in [2.75, 3.05) is 5.32 Å². The molecule has 0 radical (unpaired) electrons. The highest BCUT2D eigenvalue weighted by Crippen LogP contribution is 2.25. The molecule has 1 saturated carbocycles. The first-order valence-corrected chi connectivity index (χ1v) is 8.72. The summed E-state index contributed by atoms with van der Waals surface area (Å²) in [6, 6.07) is 17.8. The van der Waals surface area contributed by atoms with Gasteiger partial charge in [0.2, 0.25) is 0 Å². The Kier molecular flexibility index (Phi) is 5.86. The Morgan fingerprint density at radius 2 is 1.76 bits per heavy atom. The number of benzene rings is 2. The van der Waals surface area contributed by atoms with Gasteiger partial charge in [-0.1, -0.05) is 54.1 Å². The van der Waals surface area contributed by atoms with Crippen LogP contribution in [0.25, 0.3) is 6.08 Å². The normalized spacial score (nSPS) is 17.0. The van der Waals surface area contributed by atoms with E-state index in [1.54, 1.807) is 0 Å². The van der Waals surface area contributed by atoms with Gasteiger partial charge in [-0.2, -0.15) is 0 Å². The van der Waals surface area contributed by atoms with Crippen LogP contribution in [0.2, 0.25) is 0 Å². The van der Waals surface area contributed by atoms with Crippen LogP contribution in [-0.2, 0) is 11.3 Å². The van der Waals surface area contributed by atoms with Crippen molar-refractivity contribution in [2.45, 2.75) is 38.3 Å². The fourth-order valence-corrected chi connectivity index (χ4v) is 2.93. The van der Waals surface area contributed by atoms with E-state index >= 15 is 0 Å². The van der Waals surface area contributed by atoms with Crippen LogP contribution in [0.15, 0.2) is 60.2 Å². The highest BCUT2D eigenvalue weighted by molar-refractivity contribution is 5.84. The molecule has 1 aliphatic rings. The smallest absolute Gasteiger partial charge is 0.411 e. The van der Waals surface area contributed by atoms with Gasteiger partial charge in [0.25, 0.3) is 0 Å². The molecule has 0 atom stereocenters. The van der Waals surface area contributed by atoms with E-state index in [9.17, 15) is 4.79 Å². The van der Waals surface area contributed by atoms with E-state index in [4.69, 9.17) is 10.5 Å². The predicted molar refractivity (Wildman–Crippen MR) is 101 cm³/mol. The minimum atomic E-state index is -0.448. The number of ether oxygens (including phenoxy) is 1. The van der Waals surface area contributed by atoms with Gasteiger partial charge in [0.1, 0.15) is 6.61 Å². The van der Waals surface area contributed by atoms with E-state index in [1.807, 2.05) is 54.6 Å². The molecular formula is C21H24N2O2. The Labute approximate surface area is 148 Å². The summed E-state index contributed by atoms with van der Waals surface area (Å²) in [7, 11) is 0. The topological polar surface area (TPSA) is 64.3 Å². The van der Waals surface area contributed by atoms with Crippen LogP contribution in [0.5, 0.6) is 0 Å². The summed E-state index contributed by atoms with van der Waals surface area (Å²) < 4.78 is 5.22. The number of rotatable bonds is 4. The van der Waals surface area contributed by atoms with E-state index < -0.39 is 6.09 Å². The number of nitrogens with two attached hydrogens (primary N) is 1. The molecule has 0 heterocycles. The van der Waals surface area contributed by atoms with Gasteiger partial charge < -0.3 is 10.5 Å². The molecule has 0 bridgehead atoms. The Hall–Kier alpha value is -2.59. The lowest BCUT2D eigenvalue weighted by atomic mass is 9.90. The largest absolute Gasteiger partial charge is 0.444 e. The summed E-state index contributed by atoms with van der Waals surface area (Å²) in [5, 5.41) is 2.75. The van der Waals surface area contributed by atoms with Crippen molar-refractivity contribution >= 4 is 17.9 Å². The van der Waals surface area contributed by atoms with Gasteiger partial charge in [-0.05, 0) is 48.9 Å². The molecule has 0 unspecified atom stereocenters. The number of carbonyl (C=O) groups excluding carboxylic acids is 1. The number of amides is 1. The minimum absolute atomic E-state index is 0.263. The first-order chi connectivity index (χ1) is 12.2. The molecule has 0 aliphatic heterocycles.